The zero-order valence-electron chi connectivity index (χ0n) is 13.7. The van der Waals surface area contributed by atoms with Crippen LogP contribution in [0.1, 0.15) is 18.1 Å². The van der Waals surface area contributed by atoms with Gasteiger partial charge in [-0.15, -0.1) is 0 Å². The largest absolute Gasteiger partial charge is 0.440 e. The van der Waals surface area contributed by atoms with Gasteiger partial charge in [-0.05, 0) is 17.7 Å². The van der Waals surface area contributed by atoms with Gasteiger partial charge in [-0.2, -0.15) is 13.2 Å². The Balaban J connectivity index is 1.75. The Morgan fingerprint density at radius 3 is 2.62 bits per heavy atom. The molecule has 0 aliphatic carbocycles. The van der Waals surface area contributed by atoms with Gasteiger partial charge in [0.25, 0.3) is 0 Å². The highest BCUT2D eigenvalue weighted by Crippen LogP contribution is 2.22. The molecule has 1 aliphatic rings. The number of ether oxygens (including phenoxy) is 2. The molecule has 10 heteroatoms. The van der Waals surface area contributed by atoms with Crippen LogP contribution in [0.15, 0.2) is 24.3 Å². The van der Waals surface area contributed by atoms with Crippen LogP contribution in [0.5, 0.6) is 0 Å². The molecule has 1 unspecified atom stereocenters. The SMILES string of the molecule is O=C(NCCC(=O)N1CCOC(c2ccc(F)cc2)C1)OCC(F)(F)F. The van der Waals surface area contributed by atoms with E-state index in [0.717, 1.165) is 5.56 Å². The number of morpholine rings is 1. The number of carbonyl (C=O) groups excluding carboxylic acids is 2. The fourth-order valence-electron chi connectivity index (χ4n) is 2.38. The summed E-state index contributed by atoms with van der Waals surface area (Å²) in [6.07, 6.45) is -6.31. The Morgan fingerprint density at radius 1 is 1.27 bits per heavy atom. The van der Waals surface area contributed by atoms with Crippen LogP contribution in [0.2, 0.25) is 0 Å². The van der Waals surface area contributed by atoms with E-state index in [1.807, 2.05) is 0 Å². The molecule has 0 radical (unpaired) electrons. The van der Waals surface area contributed by atoms with Crippen molar-refractivity contribution in [2.24, 2.45) is 0 Å². The predicted molar refractivity (Wildman–Crippen MR) is 81.7 cm³/mol. The maximum Gasteiger partial charge on any atom is 0.422 e. The van der Waals surface area contributed by atoms with Crippen molar-refractivity contribution in [1.29, 1.82) is 0 Å². The molecular weight excluding hydrogens is 360 g/mol. The summed E-state index contributed by atoms with van der Waals surface area (Å²) < 4.78 is 58.2. The zero-order valence-corrected chi connectivity index (χ0v) is 13.7. The lowest BCUT2D eigenvalue weighted by atomic mass is 10.1. The molecule has 144 valence electrons. The molecule has 1 aliphatic heterocycles. The van der Waals surface area contributed by atoms with Crippen molar-refractivity contribution in [3.63, 3.8) is 0 Å². The first-order valence-electron chi connectivity index (χ1n) is 7.87. The van der Waals surface area contributed by atoms with Crippen LogP contribution in [0.3, 0.4) is 0 Å². The fraction of sp³-hybridized carbons (Fsp3) is 0.500. The molecule has 1 saturated heterocycles. The summed E-state index contributed by atoms with van der Waals surface area (Å²) in [5.41, 5.74) is 0.734. The molecule has 0 aromatic heterocycles. The van der Waals surface area contributed by atoms with Gasteiger partial charge in [-0.1, -0.05) is 12.1 Å². The number of carbonyl (C=O) groups is 2. The van der Waals surface area contributed by atoms with Gasteiger partial charge in [0.2, 0.25) is 5.91 Å². The summed E-state index contributed by atoms with van der Waals surface area (Å²) in [4.78, 5) is 24.8. The van der Waals surface area contributed by atoms with Gasteiger partial charge in [0.1, 0.15) is 11.9 Å². The second-order valence-electron chi connectivity index (χ2n) is 5.62. The lowest BCUT2D eigenvalue weighted by molar-refractivity contribution is -0.160. The van der Waals surface area contributed by atoms with Gasteiger partial charge in [-0.25, -0.2) is 9.18 Å². The van der Waals surface area contributed by atoms with Crippen molar-refractivity contribution in [2.45, 2.75) is 18.7 Å². The van der Waals surface area contributed by atoms with Crippen molar-refractivity contribution < 1.29 is 36.6 Å². The van der Waals surface area contributed by atoms with Gasteiger partial charge < -0.3 is 19.7 Å². The minimum atomic E-state index is -4.60. The van der Waals surface area contributed by atoms with Crippen molar-refractivity contribution in [1.82, 2.24) is 10.2 Å². The standard InChI is InChI=1S/C16H18F4N2O4/c17-12-3-1-11(2-4-12)13-9-22(7-8-25-13)14(23)5-6-21-15(24)26-10-16(18,19)20/h1-4,13H,5-10H2,(H,21,24). The molecule has 0 saturated carbocycles. The number of hydrogen-bond donors (Lipinski definition) is 1. The van der Waals surface area contributed by atoms with E-state index in [9.17, 15) is 27.2 Å². The minimum Gasteiger partial charge on any atom is -0.440 e. The highest BCUT2D eigenvalue weighted by molar-refractivity contribution is 5.77. The molecule has 2 amide bonds. The summed E-state index contributed by atoms with van der Waals surface area (Å²) in [7, 11) is 0. The van der Waals surface area contributed by atoms with Crippen LogP contribution in [0.4, 0.5) is 22.4 Å². The first kappa shape index (κ1) is 20.0. The summed E-state index contributed by atoms with van der Waals surface area (Å²) in [6, 6.07) is 5.75. The number of nitrogens with zero attached hydrogens (tertiary/aromatic N) is 1. The number of hydrogen-bond acceptors (Lipinski definition) is 4. The topological polar surface area (TPSA) is 67.9 Å². The van der Waals surface area contributed by atoms with Crippen molar-refractivity contribution in [3.8, 4) is 0 Å². The first-order chi connectivity index (χ1) is 12.2. The number of halogens is 4. The quantitative estimate of drug-likeness (QED) is 0.799. The maximum atomic E-state index is 13.0. The maximum absolute atomic E-state index is 13.0. The van der Waals surface area contributed by atoms with Gasteiger partial charge in [0.15, 0.2) is 6.61 Å². The lowest BCUT2D eigenvalue weighted by Crippen LogP contribution is -2.43. The van der Waals surface area contributed by atoms with Gasteiger partial charge in [-0.3, -0.25) is 4.79 Å². The minimum absolute atomic E-state index is 0.0861. The Kier molecular flexibility index (Phi) is 6.78. The molecule has 1 aromatic carbocycles. The van der Waals surface area contributed by atoms with Crippen LogP contribution in [0.25, 0.3) is 0 Å². The van der Waals surface area contributed by atoms with Gasteiger partial charge in [0.05, 0.1) is 13.2 Å². The first-order valence-corrected chi connectivity index (χ1v) is 7.87. The summed E-state index contributed by atoms with van der Waals surface area (Å²) in [5, 5.41) is 2.09. The summed E-state index contributed by atoms with van der Waals surface area (Å²) >= 11 is 0. The Bertz CT molecular complexity index is 622. The van der Waals surface area contributed by atoms with E-state index in [4.69, 9.17) is 4.74 Å². The molecule has 6 nitrogen and oxygen atoms in total. The van der Waals surface area contributed by atoms with Crippen molar-refractivity contribution in [2.75, 3.05) is 32.8 Å². The molecule has 1 fully saturated rings. The number of benzene rings is 1. The van der Waals surface area contributed by atoms with E-state index in [-0.39, 0.29) is 31.2 Å². The molecular formula is C16H18F4N2O4. The lowest BCUT2D eigenvalue weighted by Gasteiger charge is -2.33. The third kappa shape index (κ3) is 6.51. The van der Waals surface area contributed by atoms with Gasteiger partial charge >= 0.3 is 12.3 Å². The smallest absolute Gasteiger partial charge is 0.422 e. The normalized spacial score (nSPS) is 17.7. The monoisotopic (exact) mass is 378 g/mol. The summed E-state index contributed by atoms with van der Waals surface area (Å²) in [5.74, 6) is -0.655. The van der Waals surface area contributed by atoms with Crippen LogP contribution < -0.4 is 5.32 Å². The molecule has 0 bridgehead atoms. The number of alkyl carbamates (subject to hydrolysis) is 1. The van der Waals surface area contributed by atoms with Gasteiger partial charge in [0, 0.05) is 19.5 Å². The molecule has 1 aromatic rings. The average molecular weight is 378 g/mol. The van der Waals surface area contributed by atoms with E-state index in [1.54, 1.807) is 12.1 Å². The Hall–Kier alpha value is -2.36. The average Bonchev–Trinajstić information content (AvgIpc) is 2.60. The molecule has 2 rings (SSSR count). The van der Waals surface area contributed by atoms with E-state index < -0.39 is 25.0 Å². The number of nitrogens with one attached hydrogen (secondary N) is 1. The number of alkyl halides is 3. The third-order valence-corrected chi connectivity index (χ3v) is 3.64. The van der Waals surface area contributed by atoms with Crippen molar-refractivity contribution in [3.05, 3.63) is 35.6 Å². The van der Waals surface area contributed by atoms with Crippen LogP contribution in [0, 0.1) is 5.82 Å². The second-order valence-corrected chi connectivity index (χ2v) is 5.62. The second kappa shape index (κ2) is 8.84. The van der Waals surface area contributed by atoms with Crippen LogP contribution >= 0.6 is 0 Å². The van der Waals surface area contributed by atoms with Crippen molar-refractivity contribution >= 4 is 12.0 Å². The number of rotatable bonds is 5. The third-order valence-electron chi connectivity index (χ3n) is 3.64. The van der Waals surface area contributed by atoms with E-state index >= 15 is 0 Å². The molecule has 26 heavy (non-hydrogen) atoms. The summed E-state index contributed by atoms with van der Waals surface area (Å²) in [6.45, 7) is -0.906. The highest BCUT2D eigenvalue weighted by atomic mass is 19.4. The van der Waals surface area contributed by atoms with E-state index in [2.05, 4.69) is 10.1 Å². The van der Waals surface area contributed by atoms with E-state index in [0.29, 0.717) is 13.2 Å². The molecule has 1 atom stereocenters. The Morgan fingerprint density at radius 2 is 1.96 bits per heavy atom. The number of amides is 2. The predicted octanol–water partition coefficient (Wildman–Crippen LogP) is 2.40. The Labute approximate surface area is 147 Å². The van der Waals surface area contributed by atoms with E-state index in [1.165, 1.54) is 17.0 Å². The molecule has 1 heterocycles. The molecule has 1 N–H and O–H groups in total. The fourth-order valence-corrected chi connectivity index (χ4v) is 2.38. The van der Waals surface area contributed by atoms with Crippen LogP contribution in [-0.2, 0) is 14.3 Å². The molecule has 0 spiro atoms. The highest BCUT2D eigenvalue weighted by Gasteiger charge is 2.29. The zero-order chi connectivity index (χ0) is 19.2. The van der Waals surface area contributed by atoms with Crippen LogP contribution in [-0.4, -0.2) is 55.9 Å².